The summed E-state index contributed by atoms with van der Waals surface area (Å²) >= 11 is 0. The lowest BCUT2D eigenvalue weighted by Crippen LogP contribution is -2.32. The second-order valence-corrected chi connectivity index (χ2v) is 8.32. The van der Waals surface area contributed by atoms with Gasteiger partial charge in [-0.3, -0.25) is 9.69 Å². The van der Waals surface area contributed by atoms with Gasteiger partial charge in [-0.15, -0.1) is 0 Å². The lowest BCUT2D eigenvalue weighted by molar-refractivity contribution is 0.101. The summed E-state index contributed by atoms with van der Waals surface area (Å²) in [6, 6.07) is 10.0. The Kier molecular flexibility index (Phi) is 5.62. The number of hydrogen-bond acceptors (Lipinski definition) is 5. The molecule has 1 aromatic carbocycles. The van der Waals surface area contributed by atoms with E-state index in [0.717, 1.165) is 22.5 Å². The molecule has 0 fully saturated rings. The van der Waals surface area contributed by atoms with Gasteiger partial charge >= 0.3 is 0 Å². The number of benzene rings is 1. The molecule has 1 aliphatic rings. The fourth-order valence-electron chi connectivity index (χ4n) is 3.83. The Bertz CT molecular complexity index is 1140. The van der Waals surface area contributed by atoms with Gasteiger partial charge in [-0.25, -0.2) is 23.7 Å². The molecule has 0 radical (unpaired) electrons. The van der Waals surface area contributed by atoms with Crippen LogP contribution in [0.2, 0.25) is 0 Å². The highest BCUT2D eigenvalue weighted by molar-refractivity contribution is 5.93. The number of rotatable bonds is 5. The molecule has 0 N–H and O–H groups in total. The SMILES string of the molecule is CC(=O)c1cc(-c2ccccc2F)c2c(n1)CN(Cc1ccnc(C(C)(C)F)n1)CC2. The number of nitrogens with zero attached hydrogens (tertiary/aromatic N) is 4. The Balaban J connectivity index is 1.66. The van der Waals surface area contributed by atoms with Crippen LogP contribution in [-0.4, -0.2) is 32.2 Å². The number of alkyl halides is 1. The number of carbonyl (C=O) groups is 1. The third-order valence-electron chi connectivity index (χ3n) is 5.42. The molecule has 5 nitrogen and oxygen atoms in total. The molecule has 0 aliphatic carbocycles. The van der Waals surface area contributed by atoms with Crippen LogP contribution in [0.3, 0.4) is 0 Å². The topological polar surface area (TPSA) is 59.0 Å². The largest absolute Gasteiger partial charge is 0.293 e. The van der Waals surface area contributed by atoms with Gasteiger partial charge in [0.05, 0.1) is 11.4 Å². The van der Waals surface area contributed by atoms with Crippen molar-refractivity contribution >= 4 is 5.78 Å². The standard InChI is InChI=1S/C24H24F2N4O/c1-15(31)21-12-19(17-6-4-5-7-20(17)25)18-9-11-30(14-22(18)29-21)13-16-8-10-27-23(28-16)24(2,3)26/h4-8,10,12H,9,11,13-14H2,1-3H3. The van der Waals surface area contributed by atoms with Crippen LogP contribution in [0.4, 0.5) is 8.78 Å². The van der Waals surface area contributed by atoms with Gasteiger partial charge in [0.2, 0.25) is 0 Å². The van der Waals surface area contributed by atoms with E-state index in [2.05, 4.69) is 19.9 Å². The minimum absolute atomic E-state index is 0.154. The van der Waals surface area contributed by atoms with E-state index in [9.17, 15) is 13.6 Å². The van der Waals surface area contributed by atoms with Crippen molar-refractivity contribution in [2.45, 2.75) is 46.0 Å². The van der Waals surface area contributed by atoms with Crippen LogP contribution >= 0.6 is 0 Å². The number of Topliss-reactive ketones (excluding diaryl/α,β-unsaturated/α-hetero) is 1. The van der Waals surface area contributed by atoms with E-state index in [-0.39, 0.29) is 17.4 Å². The molecule has 31 heavy (non-hydrogen) atoms. The summed E-state index contributed by atoms with van der Waals surface area (Å²) < 4.78 is 28.7. The predicted molar refractivity (Wildman–Crippen MR) is 114 cm³/mol. The Morgan fingerprint density at radius 1 is 1.16 bits per heavy atom. The van der Waals surface area contributed by atoms with Crippen LogP contribution in [0, 0.1) is 5.82 Å². The number of aromatic nitrogens is 3. The summed E-state index contributed by atoms with van der Waals surface area (Å²) in [5, 5.41) is 0. The number of hydrogen-bond donors (Lipinski definition) is 0. The maximum absolute atomic E-state index is 14.5. The molecule has 7 heteroatoms. The minimum Gasteiger partial charge on any atom is -0.293 e. The van der Waals surface area contributed by atoms with Crippen molar-refractivity contribution in [1.82, 2.24) is 19.9 Å². The Hall–Kier alpha value is -3.06. The van der Waals surface area contributed by atoms with Gasteiger partial charge in [-0.05, 0) is 49.6 Å². The van der Waals surface area contributed by atoms with Gasteiger partial charge in [0.15, 0.2) is 17.3 Å². The highest BCUT2D eigenvalue weighted by Crippen LogP contribution is 2.32. The number of carbonyl (C=O) groups excluding carboxylic acids is 1. The van der Waals surface area contributed by atoms with Crippen LogP contribution in [0.5, 0.6) is 0 Å². The molecule has 0 unspecified atom stereocenters. The molecule has 3 heterocycles. The molecule has 3 aromatic rings. The van der Waals surface area contributed by atoms with E-state index in [1.54, 1.807) is 36.5 Å². The predicted octanol–water partition coefficient (Wildman–Crippen LogP) is 4.64. The van der Waals surface area contributed by atoms with Crippen LogP contribution in [0.1, 0.15) is 54.0 Å². The van der Waals surface area contributed by atoms with Crippen molar-refractivity contribution in [2.24, 2.45) is 0 Å². The molecule has 0 saturated heterocycles. The van der Waals surface area contributed by atoms with Crippen molar-refractivity contribution in [3.8, 4) is 11.1 Å². The van der Waals surface area contributed by atoms with Crippen LogP contribution in [-0.2, 0) is 25.2 Å². The van der Waals surface area contributed by atoms with Crippen LogP contribution in [0.25, 0.3) is 11.1 Å². The first-order valence-electron chi connectivity index (χ1n) is 10.2. The van der Waals surface area contributed by atoms with Gasteiger partial charge in [-0.1, -0.05) is 18.2 Å². The van der Waals surface area contributed by atoms with Gasteiger partial charge in [0.25, 0.3) is 0 Å². The number of pyridine rings is 1. The Morgan fingerprint density at radius 2 is 1.94 bits per heavy atom. The molecule has 0 atom stereocenters. The summed E-state index contributed by atoms with van der Waals surface area (Å²) in [5.41, 5.74) is 2.34. The van der Waals surface area contributed by atoms with Crippen LogP contribution < -0.4 is 0 Å². The minimum atomic E-state index is -1.61. The van der Waals surface area contributed by atoms with Gasteiger partial charge in [0, 0.05) is 38.3 Å². The van der Waals surface area contributed by atoms with E-state index in [4.69, 9.17) is 0 Å². The second-order valence-electron chi connectivity index (χ2n) is 8.32. The quantitative estimate of drug-likeness (QED) is 0.561. The third-order valence-corrected chi connectivity index (χ3v) is 5.42. The molecule has 0 saturated carbocycles. The molecular formula is C24H24F2N4O. The zero-order valence-corrected chi connectivity index (χ0v) is 17.8. The van der Waals surface area contributed by atoms with Gasteiger partial charge in [-0.2, -0.15) is 0 Å². The van der Waals surface area contributed by atoms with Crippen LogP contribution in [0.15, 0.2) is 42.6 Å². The third kappa shape index (κ3) is 4.51. The zero-order chi connectivity index (χ0) is 22.2. The summed E-state index contributed by atoms with van der Waals surface area (Å²) in [6.45, 7) is 6.04. The first kappa shape index (κ1) is 21.2. The van der Waals surface area contributed by atoms with E-state index in [1.165, 1.54) is 26.8 Å². The van der Waals surface area contributed by atoms with E-state index in [0.29, 0.717) is 37.3 Å². The van der Waals surface area contributed by atoms with E-state index in [1.807, 2.05) is 0 Å². The second kappa shape index (κ2) is 8.23. The highest BCUT2D eigenvalue weighted by atomic mass is 19.1. The molecule has 1 aliphatic heterocycles. The lowest BCUT2D eigenvalue weighted by atomic mass is 9.92. The molecule has 0 bridgehead atoms. The number of ketones is 1. The van der Waals surface area contributed by atoms with E-state index >= 15 is 0 Å². The highest BCUT2D eigenvalue weighted by Gasteiger charge is 2.26. The normalized spacial score (nSPS) is 14.4. The van der Waals surface area contributed by atoms with Crippen molar-refractivity contribution in [2.75, 3.05) is 6.54 Å². The average Bonchev–Trinajstić information content (AvgIpc) is 2.73. The fraction of sp³-hybridized carbons (Fsp3) is 0.333. The summed E-state index contributed by atoms with van der Waals surface area (Å²) in [7, 11) is 0. The maximum Gasteiger partial charge on any atom is 0.178 e. The molecule has 2 aromatic heterocycles. The molecule has 4 rings (SSSR count). The van der Waals surface area contributed by atoms with E-state index < -0.39 is 5.67 Å². The lowest BCUT2D eigenvalue weighted by Gasteiger charge is -2.29. The Labute approximate surface area is 180 Å². The molecular weight excluding hydrogens is 398 g/mol. The first-order chi connectivity index (χ1) is 14.7. The average molecular weight is 422 g/mol. The summed E-state index contributed by atoms with van der Waals surface area (Å²) in [4.78, 5) is 27.2. The molecule has 0 amide bonds. The molecule has 160 valence electrons. The summed E-state index contributed by atoms with van der Waals surface area (Å²) in [6.07, 6.45) is 2.23. The van der Waals surface area contributed by atoms with Crippen molar-refractivity contribution < 1.29 is 13.6 Å². The monoisotopic (exact) mass is 422 g/mol. The van der Waals surface area contributed by atoms with Crippen molar-refractivity contribution in [1.29, 1.82) is 0 Å². The Morgan fingerprint density at radius 3 is 2.65 bits per heavy atom. The van der Waals surface area contributed by atoms with Crippen molar-refractivity contribution in [3.05, 3.63) is 76.9 Å². The summed E-state index contributed by atoms with van der Waals surface area (Å²) in [5.74, 6) is -0.334. The van der Waals surface area contributed by atoms with Gasteiger partial charge < -0.3 is 0 Å². The number of fused-ring (bicyclic) bond motifs is 1. The zero-order valence-electron chi connectivity index (χ0n) is 17.8. The maximum atomic E-state index is 14.5. The smallest absolute Gasteiger partial charge is 0.178 e. The van der Waals surface area contributed by atoms with Crippen molar-refractivity contribution in [3.63, 3.8) is 0 Å². The first-order valence-corrected chi connectivity index (χ1v) is 10.2. The molecule has 0 spiro atoms. The van der Waals surface area contributed by atoms with Gasteiger partial charge in [0.1, 0.15) is 11.5 Å². The fourth-order valence-corrected chi connectivity index (χ4v) is 3.83. The number of halogens is 2.